The van der Waals surface area contributed by atoms with E-state index in [1.807, 2.05) is 19.2 Å². The van der Waals surface area contributed by atoms with Crippen LogP contribution in [0.15, 0.2) is 34.5 Å². The molecule has 0 N–H and O–H groups in total. The molecule has 2 nitrogen and oxygen atoms in total. The van der Waals surface area contributed by atoms with Crippen molar-refractivity contribution in [1.82, 2.24) is 0 Å². The lowest BCUT2D eigenvalue weighted by molar-refractivity contribution is 1.03. The monoisotopic (exact) mass is 148 g/mol. The molecule has 0 amide bonds. The standard InChI is InChI=1S/C9H12N2/c1-3-8(2)11-9-6-4-5-7-10-9/h3,6-7H,1,4-5H2,2H3/b11-8-. The van der Waals surface area contributed by atoms with Gasteiger partial charge in [0.05, 0.1) is 0 Å². The van der Waals surface area contributed by atoms with E-state index in [4.69, 9.17) is 0 Å². The fourth-order valence-electron chi connectivity index (χ4n) is 0.799. The minimum Gasteiger partial charge on any atom is -0.242 e. The lowest BCUT2D eigenvalue weighted by atomic mass is 10.3. The SMILES string of the molecule is C=C/C(C)=N\C1=CCCC=N1. The summed E-state index contributed by atoms with van der Waals surface area (Å²) in [5.74, 6) is 0.814. The molecule has 2 heteroatoms. The van der Waals surface area contributed by atoms with E-state index in [0.717, 1.165) is 24.4 Å². The van der Waals surface area contributed by atoms with Gasteiger partial charge in [-0.25, -0.2) is 9.98 Å². The minimum absolute atomic E-state index is 0.814. The maximum atomic E-state index is 4.22. The van der Waals surface area contributed by atoms with Crippen LogP contribution in [0.1, 0.15) is 19.8 Å². The van der Waals surface area contributed by atoms with Crippen molar-refractivity contribution in [3.63, 3.8) is 0 Å². The van der Waals surface area contributed by atoms with E-state index in [1.165, 1.54) is 0 Å². The van der Waals surface area contributed by atoms with Crippen molar-refractivity contribution in [2.45, 2.75) is 19.8 Å². The third kappa shape index (κ3) is 2.50. The van der Waals surface area contributed by atoms with E-state index in [0.29, 0.717) is 0 Å². The Morgan fingerprint density at radius 3 is 3.09 bits per heavy atom. The van der Waals surface area contributed by atoms with Crippen LogP contribution in [-0.2, 0) is 0 Å². The van der Waals surface area contributed by atoms with Crippen molar-refractivity contribution in [3.05, 3.63) is 24.6 Å². The Labute approximate surface area is 67.1 Å². The summed E-state index contributed by atoms with van der Waals surface area (Å²) in [6, 6.07) is 0. The minimum atomic E-state index is 0.814. The zero-order valence-electron chi connectivity index (χ0n) is 6.75. The first-order valence-corrected chi connectivity index (χ1v) is 3.73. The number of aliphatic imine (C=N–C) groups is 2. The largest absolute Gasteiger partial charge is 0.242 e. The average molecular weight is 148 g/mol. The molecule has 0 saturated heterocycles. The molecule has 11 heavy (non-hydrogen) atoms. The van der Waals surface area contributed by atoms with E-state index in [1.54, 1.807) is 6.08 Å². The summed E-state index contributed by atoms with van der Waals surface area (Å²) in [5, 5.41) is 0. The van der Waals surface area contributed by atoms with Crippen molar-refractivity contribution in [1.29, 1.82) is 0 Å². The molecule has 58 valence electrons. The van der Waals surface area contributed by atoms with Gasteiger partial charge in [0.1, 0.15) is 5.82 Å². The van der Waals surface area contributed by atoms with Crippen LogP contribution in [0, 0.1) is 0 Å². The van der Waals surface area contributed by atoms with Gasteiger partial charge in [0.2, 0.25) is 0 Å². The predicted octanol–water partition coefficient (Wildman–Crippen LogP) is 2.34. The molecule has 1 aliphatic rings. The highest BCUT2D eigenvalue weighted by atomic mass is 15.0. The van der Waals surface area contributed by atoms with Gasteiger partial charge in [-0.3, -0.25) is 0 Å². The van der Waals surface area contributed by atoms with E-state index >= 15 is 0 Å². The van der Waals surface area contributed by atoms with Crippen molar-refractivity contribution >= 4 is 11.9 Å². The summed E-state index contributed by atoms with van der Waals surface area (Å²) in [7, 11) is 0. The summed E-state index contributed by atoms with van der Waals surface area (Å²) < 4.78 is 0. The van der Waals surface area contributed by atoms with Gasteiger partial charge in [-0.1, -0.05) is 6.58 Å². The van der Waals surface area contributed by atoms with Gasteiger partial charge in [-0.2, -0.15) is 0 Å². The topological polar surface area (TPSA) is 24.7 Å². The zero-order chi connectivity index (χ0) is 8.10. The van der Waals surface area contributed by atoms with Crippen molar-refractivity contribution in [2.24, 2.45) is 9.98 Å². The van der Waals surface area contributed by atoms with Crippen molar-refractivity contribution in [2.75, 3.05) is 0 Å². The Balaban J connectivity index is 2.68. The average Bonchev–Trinajstić information content (AvgIpc) is 2.06. The fourth-order valence-corrected chi connectivity index (χ4v) is 0.799. The number of rotatable bonds is 2. The highest BCUT2D eigenvalue weighted by molar-refractivity contribution is 5.93. The molecule has 0 saturated carbocycles. The molecule has 0 atom stereocenters. The smallest absolute Gasteiger partial charge is 0.147 e. The van der Waals surface area contributed by atoms with Gasteiger partial charge < -0.3 is 0 Å². The molecule has 1 rings (SSSR count). The van der Waals surface area contributed by atoms with Gasteiger partial charge in [-0.05, 0) is 31.9 Å². The Kier molecular flexibility index (Phi) is 2.78. The highest BCUT2D eigenvalue weighted by Gasteiger charge is 1.94. The molecule has 0 aromatic carbocycles. The lowest BCUT2D eigenvalue weighted by Crippen LogP contribution is -1.89. The molecule has 0 radical (unpaired) electrons. The van der Waals surface area contributed by atoms with E-state index < -0.39 is 0 Å². The summed E-state index contributed by atoms with van der Waals surface area (Å²) >= 11 is 0. The maximum absolute atomic E-state index is 4.22. The Morgan fingerprint density at radius 1 is 1.73 bits per heavy atom. The van der Waals surface area contributed by atoms with Crippen LogP contribution in [0.25, 0.3) is 0 Å². The molecule has 1 heterocycles. The summed E-state index contributed by atoms with van der Waals surface area (Å²) in [6.07, 6.45) is 7.74. The first kappa shape index (κ1) is 7.92. The molecule has 0 aromatic heterocycles. The van der Waals surface area contributed by atoms with Gasteiger partial charge in [0.25, 0.3) is 0 Å². The predicted molar refractivity (Wildman–Crippen MR) is 49.1 cm³/mol. The third-order valence-corrected chi connectivity index (χ3v) is 1.43. The van der Waals surface area contributed by atoms with Crippen molar-refractivity contribution < 1.29 is 0 Å². The summed E-state index contributed by atoms with van der Waals surface area (Å²) in [6.45, 7) is 5.53. The number of nitrogens with zero attached hydrogens (tertiary/aromatic N) is 2. The van der Waals surface area contributed by atoms with Crippen LogP contribution in [-0.4, -0.2) is 11.9 Å². The molecule has 0 spiro atoms. The molecule has 1 aliphatic heterocycles. The molecule has 0 unspecified atom stereocenters. The Bertz CT molecular complexity index is 234. The van der Waals surface area contributed by atoms with Crippen LogP contribution >= 0.6 is 0 Å². The van der Waals surface area contributed by atoms with Crippen LogP contribution in [0.5, 0.6) is 0 Å². The van der Waals surface area contributed by atoms with Crippen LogP contribution in [0.3, 0.4) is 0 Å². The van der Waals surface area contributed by atoms with E-state index in [-0.39, 0.29) is 0 Å². The second-order valence-corrected chi connectivity index (χ2v) is 2.41. The van der Waals surface area contributed by atoms with Crippen molar-refractivity contribution in [3.8, 4) is 0 Å². The molecule has 0 aromatic rings. The van der Waals surface area contributed by atoms with Crippen LogP contribution < -0.4 is 0 Å². The Hall–Kier alpha value is -1.18. The van der Waals surface area contributed by atoms with Crippen LogP contribution in [0.4, 0.5) is 0 Å². The summed E-state index contributed by atoms with van der Waals surface area (Å²) in [5.41, 5.74) is 0.912. The first-order chi connectivity index (χ1) is 5.33. The normalized spacial score (nSPS) is 17.9. The fraction of sp³-hybridized carbons (Fsp3) is 0.333. The molecule has 0 bridgehead atoms. The molecular formula is C9H12N2. The van der Waals surface area contributed by atoms with Gasteiger partial charge in [0.15, 0.2) is 0 Å². The lowest BCUT2D eigenvalue weighted by Gasteiger charge is -2.00. The highest BCUT2D eigenvalue weighted by Crippen LogP contribution is 2.07. The van der Waals surface area contributed by atoms with E-state index in [9.17, 15) is 0 Å². The quantitative estimate of drug-likeness (QED) is 0.537. The Morgan fingerprint density at radius 2 is 2.55 bits per heavy atom. The zero-order valence-corrected chi connectivity index (χ0v) is 6.75. The number of hydrogen-bond acceptors (Lipinski definition) is 2. The molecule has 0 fully saturated rings. The first-order valence-electron chi connectivity index (χ1n) is 3.73. The third-order valence-electron chi connectivity index (χ3n) is 1.43. The van der Waals surface area contributed by atoms with Gasteiger partial charge in [-0.15, -0.1) is 0 Å². The second-order valence-electron chi connectivity index (χ2n) is 2.41. The van der Waals surface area contributed by atoms with Gasteiger partial charge >= 0.3 is 0 Å². The van der Waals surface area contributed by atoms with E-state index in [2.05, 4.69) is 16.6 Å². The maximum Gasteiger partial charge on any atom is 0.147 e. The van der Waals surface area contributed by atoms with Gasteiger partial charge in [0, 0.05) is 11.9 Å². The molecule has 0 aliphatic carbocycles. The number of hydrogen-bond donors (Lipinski definition) is 0. The van der Waals surface area contributed by atoms with Crippen LogP contribution in [0.2, 0.25) is 0 Å². The molecular weight excluding hydrogens is 136 g/mol. The summed E-state index contributed by atoms with van der Waals surface area (Å²) in [4.78, 5) is 8.33. The second kappa shape index (κ2) is 3.86. The number of allylic oxidation sites excluding steroid dienone is 2.